The summed E-state index contributed by atoms with van der Waals surface area (Å²) in [4.78, 5) is 22.7. The summed E-state index contributed by atoms with van der Waals surface area (Å²) < 4.78 is 4.86. The molecule has 3 N–H and O–H groups in total. The lowest BCUT2D eigenvalue weighted by molar-refractivity contribution is -0.138. The number of rotatable bonds is 8. The summed E-state index contributed by atoms with van der Waals surface area (Å²) in [5, 5.41) is 14.4. The van der Waals surface area contributed by atoms with Crippen LogP contribution in [0.25, 0.3) is 0 Å². The molecule has 20 heavy (non-hydrogen) atoms. The predicted molar refractivity (Wildman–Crippen MR) is 74.7 cm³/mol. The molecule has 0 fully saturated rings. The molecule has 1 unspecified atom stereocenters. The van der Waals surface area contributed by atoms with Gasteiger partial charge in [-0.25, -0.2) is 4.79 Å². The van der Waals surface area contributed by atoms with Crippen LogP contribution in [0.2, 0.25) is 0 Å². The summed E-state index contributed by atoms with van der Waals surface area (Å²) >= 11 is 0. The predicted octanol–water partition coefficient (Wildman–Crippen LogP) is 1.19. The second-order valence-corrected chi connectivity index (χ2v) is 4.28. The van der Waals surface area contributed by atoms with E-state index in [1.807, 2.05) is 6.07 Å². The van der Waals surface area contributed by atoms with Crippen molar-refractivity contribution in [1.29, 1.82) is 0 Å². The van der Waals surface area contributed by atoms with Crippen LogP contribution in [0.1, 0.15) is 17.9 Å². The summed E-state index contributed by atoms with van der Waals surface area (Å²) in [5.41, 5.74) is 0.666. The maximum absolute atomic E-state index is 11.5. The molecule has 0 radical (unpaired) electrons. The van der Waals surface area contributed by atoms with Crippen molar-refractivity contribution < 1.29 is 19.4 Å². The van der Waals surface area contributed by atoms with E-state index in [2.05, 4.69) is 10.6 Å². The van der Waals surface area contributed by atoms with Gasteiger partial charge < -0.3 is 20.5 Å². The summed E-state index contributed by atoms with van der Waals surface area (Å²) in [6, 6.07) is 8.46. The molecule has 1 aromatic carbocycles. The van der Waals surface area contributed by atoms with Gasteiger partial charge >= 0.3 is 12.0 Å². The molecule has 0 spiro atoms. The van der Waals surface area contributed by atoms with Crippen molar-refractivity contribution >= 4 is 12.0 Å². The number of benzene rings is 1. The second kappa shape index (κ2) is 8.92. The molecule has 1 rings (SSSR count). The fourth-order valence-electron chi connectivity index (χ4n) is 1.71. The monoisotopic (exact) mass is 280 g/mol. The maximum atomic E-state index is 11.5. The number of methoxy groups -OCH3 is 1. The van der Waals surface area contributed by atoms with Crippen molar-refractivity contribution in [3.05, 3.63) is 35.9 Å². The van der Waals surface area contributed by atoms with Gasteiger partial charge in [0.05, 0.1) is 5.92 Å². The third-order valence-electron chi connectivity index (χ3n) is 2.78. The van der Waals surface area contributed by atoms with E-state index in [0.29, 0.717) is 25.1 Å². The Morgan fingerprint density at radius 3 is 2.55 bits per heavy atom. The molecule has 6 nitrogen and oxygen atoms in total. The highest BCUT2D eigenvalue weighted by Gasteiger charge is 2.20. The molecule has 0 aliphatic heterocycles. The first-order valence-corrected chi connectivity index (χ1v) is 6.43. The molecule has 2 amide bonds. The van der Waals surface area contributed by atoms with E-state index in [4.69, 9.17) is 4.74 Å². The number of amides is 2. The van der Waals surface area contributed by atoms with Crippen LogP contribution in [-0.4, -0.2) is 43.9 Å². The zero-order chi connectivity index (χ0) is 14.8. The van der Waals surface area contributed by atoms with Crippen LogP contribution in [0.5, 0.6) is 0 Å². The average molecular weight is 280 g/mol. The van der Waals surface area contributed by atoms with Crippen LogP contribution in [0.3, 0.4) is 0 Å². The number of urea groups is 1. The Hall–Kier alpha value is -2.08. The summed E-state index contributed by atoms with van der Waals surface area (Å²) in [6.07, 6.45) is 0.713. The molecule has 1 atom stereocenters. The number of carbonyl (C=O) groups excluding carboxylic acids is 1. The van der Waals surface area contributed by atoms with Crippen molar-refractivity contribution in [1.82, 2.24) is 10.6 Å². The Balaban J connectivity index is 2.40. The van der Waals surface area contributed by atoms with Crippen molar-refractivity contribution in [3.8, 4) is 0 Å². The Morgan fingerprint density at radius 1 is 1.25 bits per heavy atom. The van der Waals surface area contributed by atoms with E-state index in [1.54, 1.807) is 31.4 Å². The second-order valence-electron chi connectivity index (χ2n) is 4.28. The van der Waals surface area contributed by atoms with Crippen LogP contribution in [0.4, 0.5) is 4.79 Å². The van der Waals surface area contributed by atoms with Gasteiger partial charge in [0.25, 0.3) is 0 Å². The molecule has 110 valence electrons. The van der Waals surface area contributed by atoms with Gasteiger partial charge in [0.1, 0.15) is 0 Å². The minimum Gasteiger partial charge on any atom is -0.481 e. The van der Waals surface area contributed by atoms with Gasteiger partial charge in [-0.2, -0.15) is 0 Å². The smallest absolute Gasteiger partial charge is 0.314 e. The molecular formula is C14H20N2O4. The number of carboxylic acids is 1. The lowest BCUT2D eigenvalue weighted by Gasteiger charge is -2.14. The van der Waals surface area contributed by atoms with Gasteiger partial charge in [-0.3, -0.25) is 4.79 Å². The zero-order valence-corrected chi connectivity index (χ0v) is 11.5. The van der Waals surface area contributed by atoms with Crippen LogP contribution in [0, 0.1) is 0 Å². The molecule has 0 bridgehead atoms. The number of nitrogens with one attached hydrogen (secondary N) is 2. The highest BCUT2D eigenvalue weighted by Crippen LogP contribution is 2.14. The molecule has 0 heterocycles. The standard InChI is InChI=1S/C14H20N2O4/c1-20-9-5-8-15-14(19)16-10-12(13(17)18)11-6-3-2-4-7-11/h2-4,6-7,12H,5,8-10H2,1H3,(H,17,18)(H2,15,16,19). The number of hydrogen-bond donors (Lipinski definition) is 3. The Bertz CT molecular complexity index is 422. The van der Waals surface area contributed by atoms with E-state index in [-0.39, 0.29) is 12.6 Å². The van der Waals surface area contributed by atoms with Gasteiger partial charge in [-0.1, -0.05) is 30.3 Å². The number of carboxylic acid groups (broad SMARTS) is 1. The zero-order valence-electron chi connectivity index (χ0n) is 11.5. The van der Waals surface area contributed by atoms with Gasteiger partial charge in [-0.15, -0.1) is 0 Å². The van der Waals surface area contributed by atoms with E-state index < -0.39 is 11.9 Å². The molecular weight excluding hydrogens is 260 g/mol. The average Bonchev–Trinajstić information content (AvgIpc) is 2.44. The lowest BCUT2D eigenvalue weighted by Crippen LogP contribution is -2.39. The van der Waals surface area contributed by atoms with Crippen LogP contribution < -0.4 is 10.6 Å². The largest absolute Gasteiger partial charge is 0.481 e. The number of hydrogen-bond acceptors (Lipinski definition) is 3. The number of ether oxygens (including phenoxy) is 1. The van der Waals surface area contributed by atoms with Crippen LogP contribution >= 0.6 is 0 Å². The van der Waals surface area contributed by atoms with Crippen molar-refractivity contribution in [3.63, 3.8) is 0 Å². The molecule has 0 aliphatic carbocycles. The quantitative estimate of drug-likeness (QED) is 0.624. The third kappa shape index (κ3) is 5.71. The summed E-state index contributed by atoms with van der Waals surface area (Å²) in [7, 11) is 1.59. The lowest BCUT2D eigenvalue weighted by atomic mass is 9.99. The Kier molecular flexibility index (Phi) is 7.13. The maximum Gasteiger partial charge on any atom is 0.314 e. The first-order valence-electron chi connectivity index (χ1n) is 6.43. The Labute approximate surface area is 118 Å². The van der Waals surface area contributed by atoms with E-state index >= 15 is 0 Å². The van der Waals surface area contributed by atoms with Crippen LogP contribution in [0.15, 0.2) is 30.3 Å². The molecule has 6 heteroatoms. The normalized spacial score (nSPS) is 11.7. The van der Waals surface area contributed by atoms with Crippen molar-refractivity contribution in [2.75, 3.05) is 26.8 Å². The molecule has 0 saturated carbocycles. The first kappa shape index (κ1) is 16.0. The minimum atomic E-state index is -0.962. The fourth-order valence-corrected chi connectivity index (χ4v) is 1.71. The van der Waals surface area contributed by atoms with E-state index in [9.17, 15) is 14.7 Å². The SMILES string of the molecule is COCCCNC(=O)NCC(C(=O)O)c1ccccc1. The highest BCUT2D eigenvalue weighted by molar-refractivity contribution is 5.79. The third-order valence-corrected chi connectivity index (χ3v) is 2.78. The molecule has 0 saturated heterocycles. The van der Waals surface area contributed by atoms with Gasteiger partial charge in [0.2, 0.25) is 0 Å². The summed E-state index contributed by atoms with van der Waals surface area (Å²) in [5.74, 6) is -1.71. The first-order chi connectivity index (χ1) is 9.65. The van der Waals surface area contributed by atoms with E-state index in [0.717, 1.165) is 0 Å². The number of carbonyl (C=O) groups is 2. The topological polar surface area (TPSA) is 87.7 Å². The van der Waals surface area contributed by atoms with Crippen molar-refractivity contribution in [2.24, 2.45) is 0 Å². The highest BCUT2D eigenvalue weighted by atomic mass is 16.5. The minimum absolute atomic E-state index is 0.0510. The van der Waals surface area contributed by atoms with Gasteiger partial charge in [0.15, 0.2) is 0 Å². The van der Waals surface area contributed by atoms with Gasteiger partial charge in [-0.05, 0) is 12.0 Å². The molecule has 0 aliphatic rings. The van der Waals surface area contributed by atoms with E-state index in [1.165, 1.54) is 0 Å². The molecule has 1 aromatic rings. The van der Waals surface area contributed by atoms with Gasteiger partial charge in [0, 0.05) is 26.8 Å². The number of aliphatic carboxylic acids is 1. The molecule has 0 aromatic heterocycles. The van der Waals surface area contributed by atoms with Crippen molar-refractivity contribution in [2.45, 2.75) is 12.3 Å². The van der Waals surface area contributed by atoms with Crippen LogP contribution in [-0.2, 0) is 9.53 Å². The fraction of sp³-hybridized carbons (Fsp3) is 0.429. The summed E-state index contributed by atoms with van der Waals surface area (Å²) in [6.45, 7) is 1.11. The Morgan fingerprint density at radius 2 is 1.95 bits per heavy atom.